The molecule has 1 saturated heterocycles. The lowest BCUT2D eigenvalue weighted by molar-refractivity contribution is 0.349. The van der Waals surface area contributed by atoms with Crippen LogP contribution in [0.3, 0.4) is 0 Å². The van der Waals surface area contributed by atoms with E-state index in [1.165, 1.54) is 6.07 Å². The van der Waals surface area contributed by atoms with Crippen LogP contribution in [0, 0.1) is 11.7 Å². The number of halogens is 1. The fourth-order valence-electron chi connectivity index (χ4n) is 1.90. The SMILES string of the molecule is CCN(CC1CNC1)c1ccccc1F. The third-order valence-corrected chi connectivity index (χ3v) is 2.92. The van der Waals surface area contributed by atoms with Crippen LogP contribution < -0.4 is 10.2 Å². The molecule has 1 heterocycles. The number of hydrogen-bond acceptors (Lipinski definition) is 2. The molecule has 2 nitrogen and oxygen atoms in total. The second-order valence-electron chi connectivity index (χ2n) is 4.01. The minimum absolute atomic E-state index is 0.119. The van der Waals surface area contributed by atoms with E-state index >= 15 is 0 Å². The van der Waals surface area contributed by atoms with E-state index in [0.717, 1.165) is 31.9 Å². The van der Waals surface area contributed by atoms with Crippen LogP contribution >= 0.6 is 0 Å². The van der Waals surface area contributed by atoms with Gasteiger partial charge in [-0.15, -0.1) is 0 Å². The molecule has 1 aromatic carbocycles. The molecular formula is C12H17FN2. The summed E-state index contributed by atoms with van der Waals surface area (Å²) in [5.74, 6) is 0.552. The molecule has 0 aliphatic carbocycles. The number of benzene rings is 1. The first kappa shape index (κ1) is 10.4. The first-order chi connectivity index (χ1) is 7.31. The second-order valence-corrected chi connectivity index (χ2v) is 4.01. The molecule has 1 aliphatic rings. The Hall–Kier alpha value is -1.09. The van der Waals surface area contributed by atoms with Gasteiger partial charge in [0.05, 0.1) is 5.69 Å². The molecule has 0 radical (unpaired) electrons. The van der Waals surface area contributed by atoms with E-state index in [9.17, 15) is 4.39 Å². The standard InChI is InChI=1S/C12H17FN2/c1-2-15(9-10-7-14-8-10)12-6-4-3-5-11(12)13/h3-6,10,14H,2,7-9H2,1H3. The van der Waals surface area contributed by atoms with Crippen LogP contribution in [0.5, 0.6) is 0 Å². The average Bonchev–Trinajstić information content (AvgIpc) is 2.19. The quantitative estimate of drug-likeness (QED) is 0.812. The van der Waals surface area contributed by atoms with Crippen molar-refractivity contribution < 1.29 is 4.39 Å². The maximum atomic E-state index is 13.5. The fourth-order valence-corrected chi connectivity index (χ4v) is 1.90. The van der Waals surface area contributed by atoms with Gasteiger partial charge in [-0.2, -0.15) is 0 Å². The first-order valence-electron chi connectivity index (χ1n) is 5.51. The van der Waals surface area contributed by atoms with Gasteiger partial charge in [-0.25, -0.2) is 4.39 Å². The van der Waals surface area contributed by atoms with Crippen LogP contribution in [0.4, 0.5) is 10.1 Å². The normalized spacial score (nSPS) is 16.1. The molecule has 0 bridgehead atoms. The Morgan fingerprint density at radius 3 is 2.67 bits per heavy atom. The molecule has 1 aliphatic heterocycles. The summed E-state index contributed by atoms with van der Waals surface area (Å²) in [7, 11) is 0. The number of anilines is 1. The summed E-state index contributed by atoms with van der Waals surface area (Å²) in [6.45, 7) is 6.00. The topological polar surface area (TPSA) is 15.3 Å². The van der Waals surface area contributed by atoms with Gasteiger partial charge in [-0.05, 0) is 19.1 Å². The smallest absolute Gasteiger partial charge is 0.146 e. The van der Waals surface area contributed by atoms with Crippen molar-refractivity contribution in [2.45, 2.75) is 6.92 Å². The summed E-state index contributed by atoms with van der Waals surface area (Å²) in [5, 5.41) is 3.24. The highest BCUT2D eigenvalue weighted by atomic mass is 19.1. The van der Waals surface area contributed by atoms with Gasteiger partial charge in [0, 0.05) is 32.1 Å². The van der Waals surface area contributed by atoms with Gasteiger partial charge in [0.2, 0.25) is 0 Å². The molecule has 82 valence electrons. The zero-order chi connectivity index (χ0) is 10.7. The summed E-state index contributed by atoms with van der Waals surface area (Å²) < 4.78 is 13.5. The van der Waals surface area contributed by atoms with Gasteiger partial charge in [0.25, 0.3) is 0 Å². The van der Waals surface area contributed by atoms with Crippen LogP contribution in [-0.2, 0) is 0 Å². The number of rotatable bonds is 4. The van der Waals surface area contributed by atoms with Crippen molar-refractivity contribution in [3.8, 4) is 0 Å². The Labute approximate surface area is 90.1 Å². The van der Waals surface area contributed by atoms with Crippen molar-refractivity contribution in [1.82, 2.24) is 5.32 Å². The largest absolute Gasteiger partial charge is 0.369 e. The zero-order valence-electron chi connectivity index (χ0n) is 9.04. The lowest BCUT2D eigenvalue weighted by Gasteiger charge is -2.34. The van der Waals surface area contributed by atoms with Gasteiger partial charge in [0.1, 0.15) is 5.82 Å². The molecule has 15 heavy (non-hydrogen) atoms. The summed E-state index contributed by atoms with van der Waals surface area (Å²) in [5.41, 5.74) is 0.729. The van der Waals surface area contributed by atoms with Crippen LogP contribution in [0.15, 0.2) is 24.3 Å². The molecule has 2 rings (SSSR count). The Morgan fingerprint density at radius 2 is 2.13 bits per heavy atom. The van der Waals surface area contributed by atoms with E-state index in [-0.39, 0.29) is 5.82 Å². The van der Waals surface area contributed by atoms with E-state index in [0.29, 0.717) is 5.92 Å². The molecule has 0 atom stereocenters. The molecule has 0 aromatic heterocycles. The predicted molar refractivity (Wildman–Crippen MR) is 60.6 cm³/mol. The summed E-state index contributed by atoms with van der Waals surface area (Å²) in [6.07, 6.45) is 0. The zero-order valence-corrected chi connectivity index (χ0v) is 9.04. The Bertz CT molecular complexity index is 323. The number of para-hydroxylation sites is 1. The first-order valence-corrected chi connectivity index (χ1v) is 5.51. The van der Waals surface area contributed by atoms with Gasteiger partial charge in [0.15, 0.2) is 0 Å². The number of nitrogens with zero attached hydrogens (tertiary/aromatic N) is 1. The van der Waals surface area contributed by atoms with Crippen molar-refractivity contribution >= 4 is 5.69 Å². The van der Waals surface area contributed by atoms with Crippen molar-refractivity contribution in [3.63, 3.8) is 0 Å². The van der Waals surface area contributed by atoms with E-state index in [4.69, 9.17) is 0 Å². The highest BCUT2D eigenvalue weighted by Crippen LogP contribution is 2.20. The maximum absolute atomic E-state index is 13.5. The number of hydrogen-bond donors (Lipinski definition) is 1. The molecule has 0 unspecified atom stereocenters. The molecule has 0 spiro atoms. The van der Waals surface area contributed by atoms with E-state index in [1.54, 1.807) is 6.07 Å². The third kappa shape index (κ3) is 2.29. The summed E-state index contributed by atoms with van der Waals surface area (Å²) in [6, 6.07) is 7.00. The highest BCUT2D eigenvalue weighted by molar-refractivity contribution is 5.47. The summed E-state index contributed by atoms with van der Waals surface area (Å²) in [4.78, 5) is 2.11. The molecule has 3 heteroatoms. The van der Waals surface area contributed by atoms with Crippen LogP contribution in [0.1, 0.15) is 6.92 Å². The van der Waals surface area contributed by atoms with E-state index in [2.05, 4.69) is 17.1 Å². The van der Waals surface area contributed by atoms with E-state index < -0.39 is 0 Å². The molecule has 0 amide bonds. The predicted octanol–water partition coefficient (Wildman–Crippen LogP) is 1.87. The lowest BCUT2D eigenvalue weighted by Crippen LogP contribution is -2.48. The Kier molecular flexibility index (Phi) is 3.21. The monoisotopic (exact) mass is 208 g/mol. The highest BCUT2D eigenvalue weighted by Gasteiger charge is 2.20. The second kappa shape index (κ2) is 4.62. The van der Waals surface area contributed by atoms with Gasteiger partial charge >= 0.3 is 0 Å². The molecule has 1 aromatic rings. The van der Waals surface area contributed by atoms with Crippen molar-refractivity contribution in [2.75, 3.05) is 31.1 Å². The lowest BCUT2D eigenvalue weighted by atomic mass is 10.0. The third-order valence-electron chi connectivity index (χ3n) is 2.92. The fraction of sp³-hybridized carbons (Fsp3) is 0.500. The Morgan fingerprint density at radius 1 is 1.40 bits per heavy atom. The van der Waals surface area contributed by atoms with Gasteiger partial charge < -0.3 is 10.2 Å². The molecule has 0 saturated carbocycles. The average molecular weight is 208 g/mol. The van der Waals surface area contributed by atoms with Crippen molar-refractivity contribution in [1.29, 1.82) is 0 Å². The van der Waals surface area contributed by atoms with Crippen molar-refractivity contribution in [2.24, 2.45) is 5.92 Å². The van der Waals surface area contributed by atoms with Crippen LogP contribution in [0.25, 0.3) is 0 Å². The van der Waals surface area contributed by atoms with Crippen molar-refractivity contribution in [3.05, 3.63) is 30.1 Å². The van der Waals surface area contributed by atoms with Gasteiger partial charge in [-0.1, -0.05) is 12.1 Å². The van der Waals surface area contributed by atoms with Gasteiger partial charge in [-0.3, -0.25) is 0 Å². The van der Waals surface area contributed by atoms with Crippen LogP contribution in [0.2, 0.25) is 0 Å². The maximum Gasteiger partial charge on any atom is 0.146 e. The van der Waals surface area contributed by atoms with E-state index in [1.807, 2.05) is 12.1 Å². The minimum Gasteiger partial charge on any atom is -0.369 e. The number of nitrogens with one attached hydrogen (secondary N) is 1. The van der Waals surface area contributed by atoms with Crippen LogP contribution in [-0.4, -0.2) is 26.2 Å². The Balaban J connectivity index is 2.07. The molecular weight excluding hydrogens is 191 g/mol. The summed E-state index contributed by atoms with van der Waals surface area (Å²) >= 11 is 0. The molecule has 1 fully saturated rings. The minimum atomic E-state index is -0.119. The molecule has 1 N–H and O–H groups in total.